The van der Waals surface area contributed by atoms with Crippen LogP contribution < -0.4 is 5.32 Å². The molecule has 1 aliphatic rings. The summed E-state index contributed by atoms with van der Waals surface area (Å²) in [5.74, 6) is -0.931. The first kappa shape index (κ1) is 18.4. The molecule has 1 rings (SSSR count). The first-order valence-corrected chi connectivity index (χ1v) is 8.23. The standard InChI is InChI=1S/C17H28N2O3/c1-4-5-6-7-8-10-18-15(20)9-11-19-16(21)12-14(13(2)3)17(19)22/h14H,2,4-12H2,1,3H3,(H,18,20). The Kier molecular flexibility index (Phi) is 7.85. The Labute approximate surface area is 133 Å². The van der Waals surface area contributed by atoms with Gasteiger partial charge in [-0.1, -0.05) is 44.8 Å². The highest BCUT2D eigenvalue weighted by molar-refractivity contribution is 6.05. The normalized spacial score (nSPS) is 17.9. The Morgan fingerprint density at radius 3 is 2.55 bits per heavy atom. The number of hydrogen-bond acceptors (Lipinski definition) is 3. The van der Waals surface area contributed by atoms with E-state index in [1.165, 1.54) is 24.2 Å². The molecule has 5 nitrogen and oxygen atoms in total. The highest BCUT2D eigenvalue weighted by atomic mass is 16.2. The van der Waals surface area contributed by atoms with Crippen molar-refractivity contribution < 1.29 is 14.4 Å². The number of amides is 3. The molecule has 0 aliphatic carbocycles. The van der Waals surface area contributed by atoms with Crippen molar-refractivity contribution in [3.63, 3.8) is 0 Å². The fraction of sp³-hybridized carbons (Fsp3) is 0.706. The maximum Gasteiger partial charge on any atom is 0.236 e. The molecule has 3 amide bonds. The van der Waals surface area contributed by atoms with Crippen molar-refractivity contribution in [2.75, 3.05) is 13.1 Å². The summed E-state index contributed by atoms with van der Waals surface area (Å²) in [5, 5.41) is 2.84. The molecule has 1 heterocycles. The number of likely N-dealkylation sites (tertiary alicyclic amines) is 1. The van der Waals surface area contributed by atoms with E-state index in [1.54, 1.807) is 6.92 Å². The molecule has 1 atom stereocenters. The third-order valence-electron chi connectivity index (χ3n) is 4.00. The van der Waals surface area contributed by atoms with Gasteiger partial charge in [0, 0.05) is 25.9 Å². The lowest BCUT2D eigenvalue weighted by Gasteiger charge is -2.14. The molecule has 0 bridgehead atoms. The van der Waals surface area contributed by atoms with Crippen LogP contribution in [0.25, 0.3) is 0 Å². The van der Waals surface area contributed by atoms with Gasteiger partial charge in [0.2, 0.25) is 17.7 Å². The predicted octanol–water partition coefficient (Wildman–Crippen LogP) is 2.41. The number of rotatable bonds is 10. The lowest BCUT2D eigenvalue weighted by atomic mass is 10.0. The van der Waals surface area contributed by atoms with Crippen LogP contribution in [0.4, 0.5) is 0 Å². The molecule has 1 saturated heterocycles. The monoisotopic (exact) mass is 308 g/mol. The van der Waals surface area contributed by atoms with Gasteiger partial charge in [0.05, 0.1) is 5.92 Å². The van der Waals surface area contributed by atoms with E-state index in [0.29, 0.717) is 12.1 Å². The van der Waals surface area contributed by atoms with E-state index in [0.717, 1.165) is 12.8 Å². The maximum atomic E-state index is 12.0. The van der Waals surface area contributed by atoms with Crippen LogP contribution in [-0.2, 0) is 14.4 Å². The number of carbonyl (C=O) groups is 3. The number of unbranched alkanes of at least 4 members (excludes halogenated alkanes) is 4. The molecule has 1 unspecified atom stereocenters. The third-order valence-corrected chi connectivity index (χ3v) is 4.00. The Bertz CT molecular complexity index is 432. The Morgan fingerprint density at radius 1 is 1.27 bits per heavy atom. The van der Waals surface area contributed by atoms with E-state index in [-0.39, 0.29) is 37.1 Å². The van der Waals surface area contributed by atoms with Crippen LogP contribution >= 0.6 is 0 Å². The first-order chi connectivity index (χ1) is 10.5. The lowest BCUT2D eigenvalue weighted by molar-refractivity contribution is -0.139. The number of hydrogen-bond donors (Lipinski definition) is 1. The fourth-order valence-corrected chi connectivity index (χ4v) is 2.56. The zero-order valence-corrected chi connectivity index (χ0v) is 13.8. The molecule has 1 aliphatic heterocycles. The molecule has 0 spiro atoms. The largest absolute Gasteiger partial charge is 0.356 e. The van der Waals surface area contributed by atoms with Crippen LogP contribution in [0.2, 0.25) is 0 Å². The van der Waals surface area contributed by atoms with Crippen molar-refractivity contribution in [1.29, 1.82) is 0 Å². The van der Waals surface area contributed by atoms with Crippen molar-refractivity contribution in [3.05, 3.63) is 12.2 Å². The summed E-state index contributed by atoms with van der Waals surface area (Å²) in [5.41, 5.74) is 0.706. The molecule has 0 aromatic rings. The van der Waals surface area contributed by atoms with Gasteiger partial charge in [-0.05, 0) is 13.3 Å². The number of imide groups is 1. The highest BCUT2D eigenvalue weighted by Crippen LogP contribution is 2.25. The molecular formula is C17H28N2O3. The van der Waals surface area contributed by atoms with Gasteiger partial charge in [0.25, 0.3) is 0 Å². The van der Waals surface area contributed by atoms with E-state index in [2.05, 4.69) is 18.8 Å². The van der Waals surface area contributed by atoms with Gasteiger partial charge >= 0.3 is 0 Å². The summed E-state index contributed by atoms with van der Waals surface area (Å²) in [6.45, 7) is 8.50. The van der Waals surface area contributed by atoms with Crippen molar-refractivity contribution >= 4 is 17.7 Å². The van der Waals surface area contributed by atoms with Crippen molar-refractivity contribution in [2.45, 2.75) is 58.8 Å². The van der Waals surface area contributed by atoms with Crippen LogP contribution in [0.3, 0.4) is 0 Å². The topological polar surface area (TPSA) is 66.5 Å². The van der Waals surface area contributed by atoms with Crippen LogP contribution in [-0.4, -0.2) is 35.7 Å². The minimum atomic E-state index is -0.408. The molecule has 1 N–H and O–H groups in total. The van der Waals surface area contributed by atoms with Gasteiger partial charge in [-0.15, -0.1) is 0 Å². The molecule has 1 fully saturated rings. The quantitative estimate of drug-likeness (QED) is 0.383. The fourth-order valence-electron chi connectivity index (χ4n) is 2.56. The second-order valence-corrected chi connectivity index (χ2v) is 6.00. The highest BCUT2D eigenvalue weighted by Gasteiger charge is 2.38. The molecule has 0 aromatic heterocycles. The van der Waals surface area contributed by atoms with E-state index in [4.69, 9.17) is 0 Å². The van der Waals surface area contributed by atoms with E-state index < -0.39 is 5.92 Å². The molecule has 0 aromatic carbocycles. The lowest BCUT2D eigenvalue weighted by Crippen LogP contribution is -2.35. The predicted molar refractivity (Wildman–Crippen MR) is 86.0 cm³/mol. The summed E-state index contributed by atoms with van der Waals surface area (Å²) in [6, 6.07) is 0. The van der Waals surface area contributed by atoms with Gasteiger partial charge in [0.15, 0.2) is 0 Å². The Morgan fingerprint density at radius 2 is 1.95 bits per heavy atom. The zero-order valence-electron chi connectivity index (χ0n) is 13.8. The molecule has 124 valence electrons. The van der Waals surface area contributed by atoms with E-state index in [9.17, 15) is 14.4 Å². The smallest absolute Gasteiger partial charge is 0.236 e. The molecule has 5 heteroatoms. The van der Waals surface area contributed by atoms with Gasteiger partial charge < -0.3 is 5.32 Å². The maximum absolute atomic E-state index is 12.0. The summed E-state index contributed by atoms with van der Waals surface area (Å²) in [7, 11) is 0. The van der Waals surface area contributed by atoms with Crippen molar-refractivity contribution in [2.24, 2.45) is 5.92 Å². The average molecular weight is 308 g/mol. The van der Waals surface area contributed by atoms with Crippen molar-refractivity contribution in [3.8, 4) is 0 Å². The Hall–Kier alpha value is -1.65. The van der Waals surface area contributed by atoms with Crippen molar-refractivity contribution in [1.82, 2.24) is 10.2 Å². The third kappa shape index (κ3) is 5.62. The van der Waals surface area contributed by atoms with E-state index in [1.807, 2.05) is 0 Å². The number of nitrogens with zero attached hydrogens (tertiary/aromatic N) is 1. The van der Waals surface area contributed by atoms with Gasteiger partial charge in [0.1, 0.15) is 0 Å². The zero-order chi connectivity index (χ0) is 16.5. The Balaban J connectivity index is 2.22. The van der Waals surface area contributed by atoms with Gasteiger partial charge in [-0.2, -0.15) is 0 Å². The molecule has 22 heavy (non-hydrogen) atoms. The van der Waals surface area contributed by atoms with Crippen LogP contribution in [0.1, 0.15) is 58.8 Å². The van der Waals surface area contributed by atoms with Crippen LogP contribution in [0.15, 0.2) is 12.2 Å². The van der Waals surface area contributed by atoms with Crippen LogP contribution in [0.5, 0.6) is 0 Å². The SMILES string of the molecule is C=C(C)C1CC(=O)N(CCC(=O)NCCCCCCC)C1=O. The molecule has 0 saturated carbocycles. The summed E-state index contributed by atoms with van der Waals surface area (Å²) < 4.78 is 0. The summed E-state index contributed by atoms with van der Waals surface area (Å²) in [4.78, 5) is 36.8. The minimum Gasteiger partial charge on any atom is -0.356 e. The second kappa shape index (κ2) is 9.38. The summed E-state index contributed by atoms with van der Waals surface area (Å²) >= 11 is 0. The average Bonchev–Trinajstić information content (AvgIpc) is 2.76. The first-order valence-electron chi connectivity index (χ1n) is 8.23. The number of carbonyl (C=O) groups excluding carboxylic acids is 3. The van der Waals surface area contributed by atoms with Gasteiger partial charge in [-0.3, -0.25) is 19.3 Å². The van der Waals surface area contributed by atoms with E-state index >= 15 is 0 Å². The number of nitrogens with one attached hydrogen (secondary N) is 1. The van der Waals surface area contributed by atoms with Gasteiger partial charge in [-0.25, -0.2) is 0 Å². The summed E-state index contributed by atoms with van der Waals surface area (Å²) in [6.07, 6.45) is 6.10. The molecule has 0 radical (unpaired) electrons. The minimum absolute atomic E-state index is 0.102. The molecular weight excluding hydrogens is 280 g/mol. The second-order valence-electron chi connectivity index (χ2n) is 6.00. The van der Waals surface area contributed by atoms with Crippen LogP contribution in [0, 0.1) is 5.92 Å².